The molecule has 0 unspecified atom stereocenters. The summed E-state index contributed by atoms with van der Waals surface area (Å²) in [6.45, 7) is 0.378. The van der Waals surface area contributed by atoms with Crippen molar-refractivity contribution >= 4 is 17.2 Å². The second-order valence-electron chi connectivity index (χ2n) is 5.83. The number of carbonyl (C=O) groups excluding carboxylic acids is 1. The summed E-state index contributed by atoms with van der Waals surface area (Å²) >= 11 is 1.46. The van der Waals surface area contributed by atoms with E-state index in [0.717, 1.165) is 27.4 Å². The number of benzene rings is 1. The quantitative estimate of drug-likeness (QED) is 0.570. The lowest BCUT2D eigenvalue weighted by atomic mass is 10.1. The molecule has 0 radical (unpaired) electrons. The van der Waals surface area contributed by atoms with E-state index >= 15 is 0 Å². The Morgan fingerprint density at radius 2 is 1.74 bits per heavy atom. The van der Waals surface area contributed by atoms with Crippen molar-refractivity contribution in [3.63, 3.8) is 0 Å². The number of hydrogen-bond acceptors (Lipinski definition) is 5. The van der Waals surface area contributed by atoms with E-state index in [1.54, 1.807) is 24.0 Å². The van der Waals surface area contributed by atoms with E-state index in [4.69, 9.17) is 0 Å². The molecule has 0 aliphatic carbocycles. The highest BCUT2D eigenvalue weighted by Crippen LogP contribution is 2.24. The van der Waals surface area contributed by atoms with Gasteiger partial charge in [-0.25, -0.2) is 4.98 Å². The third-order valence-corrected chi connectivity index (χ3v) is 4.93. The Balaban J connectivity index is 1.49. The van der Waals surface area contributed by atoms with E-state index in [-0.39, 0.29) is 5.91 Å². The molecule has 132 valence electrons. The van der Waals surface area contributed by atoms with Gasteiger partial charge in [-0.1, -0.05) is 36.4 Å². The maximum Gasteiger partial charge on any atom is 0.271 e. The van der Waals surface area contributed by atoms with Crippen LogP contribution in [0.2, 0.25) is 0 Å². The van der Waals surface area contributed by atoms with Gasteiger partial charge in [-0.15, -0.1) is 11.3 Å². The Hall–Kier alpha value is -3.38. The summed E-state index contributed by atoms with van der Waals surface area (Å²) in [5, 5.41) is 5.56. The molecule has 0 saturated carbocycles. The number of amides is 1. The van der Waals surface area contributed by atoms with Crippen molar-refractivity contribution < 1.29 is 4.79 Å². The number of rotatable bonds is 5. The predicted molar refractivity (Wildman–Crippen MR) is 106 cm³/mol. The Morgan fingerprint density at radius 1 is 0.926 bits per heavy atom. The van der Waals surface area contributed by atoms with Crippen LogP contribution in [0.5, 0.6) is 0 Å². The molecule has 0 bridgehead atoms. The number of carbonyl (C=O) groups is 1. The van der Waals surface area contributed by atoms with Crippen molar-refractivity contribution in [2.24, 2.45) is 0 Å². The van der Waals surface area contributed by atoms with E-state index in [2.05, 4.69) is 20.3 Å². The minimum absolute atomic E-state index is 0.196. The Kier molecular flexibility index (Phi) is 4.98. The molecule has 0 fully saturated rings. The molecule has 1 N–H and O–H groups in total. The number of nitrogens with zero attached hydrogens (tertiary/aromatic N) is 3. The van der Waals surface area contributed by atoms with E-state index in [1.165, 1.54) is 11.3 Å². The molecule has 0 atom stereocenters. The van der Waals surface area contributed by atoms with Crippen LogP contribution in [0.15, 0.2) is 78.6 Å². The molecule has 5 nitrogen and oxygen atoms in total. The molecule has 4 aromatic rings. The normalized spacial score (nSPS) is 10.5. The lowest BCUT2D eigenvalue weighted by Gasteiger charge is -2.09. The predicted octanol–water partition coefficient (Wildman–Crippen LogP) is 4.20. The molecule has 1 aromatic carbocycles. The fourth-order valence-electron chi connectivity index (χ4n) is 2.71. The first-order valence-electron chi connectivity index (χ1n) is 8.45. The average molecular weight is 372 g/mol. The van der Waals surface area contributed by atoms with Gasteiger partial charge in [0.1, 0.15) is 10.7 Å². The van der Waals surface area contributed by atoms with Crippen LogP contribution in [0.1, 0.15) is 16.1 Å². The summed E-state index contributed by atoms with van der Waals surface area (Å²) in [6, 6.07) is 17.5. The van der Waals surface area contributed by atoms with Crippen LogP contribution in [0.25, 0.3) is 21.8 Å². The molecule has 3 aromatic heterocycles. The number of hydrogen-bond donors (Lipinski definition) is 1. The topological polar surface area (TPSA) is 67.8 Å². The van der Waals surface area contributed by atoms with Gasteiger partial charge in [0, 0.05) is 41.6 Å². The van der Waals surface area contributed by atoms with Crippen molar-refractivity contribution in [3.05, 3.63) is 89.8 Å². The second kappa shape index (κ2) is 7.88. The van der Waals surface area contributed by atoms with Crippen molar-refractivity contribution in [1.82, 2.24) is 20.3 Å². The first kappa shape index (κ1) is 17.1. The standard InChI is InChI=1S/C21H16N4OS/c26-20(18-14-27-21(25-18)16-5-2-1-3-6-16)24-13-17-7-4-10-23-19(17)15-8-11-22-12-9-15/h1-12,14H,13H2,(H,24,26). The number of thiazole rings is 1. The van der Waals surface area contributed by atoms with E-state index in [1.807, 2.05) is 54.6 Å². The summed E-state index contributed by atoms with van der Waals surface area (Å²) in [6.07, 6.45) is 5.20. The van der Waals surface area contributed by atoms with Gasteiger partial charge in [0.15, 0.2) is 0 Å². The monoisotopic (exact) mass is 372 g/mol. The molecule has 0 aliphatic heterocycles. The van der Waals surface area contributed by atoms with E-state index in [0.29, 0.717) is 12.2 Å². The summed E-state index contributed by atoms with van der Waals surface area (Å²) in [5.41, 5.74) is 4.18. The first-order chi connectivity index (χ1) is 13.3. The van der Waals surface area contributed by atoms with Crippen molar-refractivity contribution in [2.45, 2.75) is 6.54 Å². The minimum atomic E-state index is -0.196. The van der Waals surface area contributed by atoms with Crippen LogP contribution in [-0.2, 0) is 6.54 Å². The average Bonchev–Trinajstić information content (AvgIpc) is 3.24. The Bertz CT molecular complexity index is 1050. The second-order valence-corrected chi connectivity index (χ2v) is 6.69. The van der Waals surface area contributed by atoms with E-state index in [9.17, 15) is 4.79 Å². The lowest BCUT2D eigenvalue weighted by Crippen LogP contribution is -2.23. The maximum absolute atomic E-state index is 12.5. The third kappa shape index (κ3) is 3.91. The molecule has 6 heteroatoms. The van der Waals surface area contributed by atoms with Gasteiger partial charge in [0.05, 0.1) is 5.69 Å². The zero-order valence-electron chi connectivity index (χ0n) is 14.4. The van der Waals surface area contributed by atoms with E-state index < -0.39 is 0 Å². The zero-order valence-corrected chi connectivity index (χ0v) is 15.2. The van der Waals surface area contributed by atoms with Gasteiger partial charge in [0.25, 0.3) is 5.91 Å². The highest BCUT2D eigenvalue weighted by molar-refractivity contribution is 7.13. The number of aromatic nitrogens is 3. The molecule has 27 heavy (non-hydrogen) atoms. The van der Waals surface area contributed by atoms with Crippen LogP contribution >= 0.6 is 11.3 Å². The van der Waals surface area contributed by atoms with Gasteiger partial charge in [-0.05, 0) is 23.8 Å². The molecule has 4 rings (SSSR count). The van der Waals surface area contributed by atoms with Gasteiger partial charge < -0.3 is 5.32 Å². The van der Waals surface area contributed by atoms with Crippen LogP contribution in [-0.4, -0.2) is 20.9 Å². The molecule has 0 saturated heterocycles. The maximum atomic E-state index is 12.5. The summed E-state index contributed by atoms with van der Waals surface area (Å²) < 4.78 is 0. The molecule has 3 heterocycles. The van der Waals surface area contributed by atoms with Gasteiger partial charge >= 0.3 is 0 Å². The zero-order chi connectivity index (χ0) is 18.5. The van der Waals surface area contributed by atoms with Crippen molar-refractivity contribution in [2.75, 3.05) is 0 Å². The summed E-state index contributed by atoms with van der Waals surface area (Å²) in [5.74, 6) is -0.196. The van der Waals surface area contributed by atoms with Crippen LogP contribution in [0, 0.1) is 0 Å². The molecule has 0 spiro atoms. The van der Waals surface area contributed by atoms with Crippen molar-refractivity contribution in [3.8, 4) is 21.8 Å². The van der Waals surface area contributed by atoms with Crippen LogP contribution in [0.3, 0.4) is 0 Å². The Morgan fingerprint density at radius 3 is 2.56 bits per heavy atom. The molecule has 1 amide bonds. The SMILES string of the molecule is O=C(NCc1cccnc1-c1ccncc1)c1csc(-c2ccccc2)n1. The summed E-state index contributed by atoms with van der Waals surface area (Å²) in [7, 11) is 0. The minimum Gasteiger partial charge on any atom is -0.347 e. The highest BCUT2D eigenvalue weighted by Gasteiger charge is 2.13. The fourth-order valence-corrected chi connectivity index (χ4v) is 3.51. The Labute approximate surface area is 160 Å². The molecular formula is C21H16N4OS. The number of nitrogens with one attached hydrogen (secondary N) is 1. The fraction of sp³-hybridized carbons (Fsp3) is 0.0476. The first-order valence-corrected chi connectivity index (χ1v) is 9.32. The molecule has 0 aliphatic rings. The largest absolute Gasteiger partial charge is 0.347 e. The smallest absolute Gasteiger partial charge is 0.271 e. The van der Waals surface area contributed by atoms with Gasteiger partial charge in [-0.2, -0.15) is 0 Å². The van der Waals surface area contributed by atoms with Crippen LogP contribution in [0.4, 0.5) is 0 Å². The van der Waals surface area contributed by atoms with Crippen molar-refractivity contribution in [1.29, 1.82) is 0 Å². The lowest BCUT2D eigenvalue weighted by molar-refractivity contribution is 0.0946. The van der Waals surface area contributed by atoms with Gasteiger partial charge in [0.2, 0.25) is 0 Å². The summed E-state index contributed by atoms with van der Waals surface area (Å²) in [4.78, 5) is 25.5. The van der Waals surface area contributed by atoms with Crippen LogP contribution < -0.4 is 5.32 Å². The van der Waals surface area contributed by atoms with Gasteiger partial charge in [-0.3, -0.25) is 14.8 Å². The highest BCUT2D eigenvalue weighted by atomic mass is 32.1. The third-order valence-electron chi connectivity index (χ3n) is 4.04. The number of pyridine rings is 2. The molecular weight excluding hydrogens is 356 g/mol.